The summed E-state index contributed by atoms with van der Waals surface area (Å²) in [6.07, 6.45) is 2.73. The molecule has 0 aliphatic heterocycles. The fourth-order valence-corrected chi connectivity index (χ4v) is 3.13. The zero-order chi connectivity index (χ0) is 24.2. The number of carboxylic acids is 1. The van der Waals surface area contributed by atoms with Gasteiger partial charge in [-0.3, -0.25) is 24.5 Å². The maximum absolute atomic E-state index is 12.2. The standard InChI is InChI=1S/C22H27N5O6.Na/c1-15-9-11-24-19(12-15)23-10-5-4-8-20(28)25-14-21(29)26-17(13-22(30)31)16-6-2-3-7-18(16)27(32)33;/h2-3,6-7,9,11-12,17H,4-5,8,10,13-14H2,1H3,(H,23,24)(H,25,28)(H,26,29)(H,30,31);/q;+1. The molecule has 0 saturated carbocycles. The van der Waals surface area contributed by atoms with Crippen molar-refractivity contribution < 1.29 is 54.0 Å². The predicted molar refractivity (Wildman–Crippen MR) is 121 cm³/mol. The van der Waals surface area contributed by atoms with E-state index in [2.05, 4.69) is 20.9 Å². The smallest absolute Gasteiger partial charge is 0.481 e. The molecule has 11 nitrogen and oxygen atoms in total. The van der Waals surface area contributed by atoms with Crippen molar-refractivity contribution in [3.8, 4) is 0 Å². The van der Waals surface area contributed by atoms with Crippen molar-refractivity contribution in [2.75, 3.05) is 18.4 Å². The second-order valence-corrected chi connectivity index (χ2v) is 7.41. The fraction of sp³-hybridized carbons (Fsp3) is 0.364. The molecule has 0 aliphatic rings. The Morgan fingerprint density at radius 1 is 1.15 bits per heavy atom. The second-order valence-electron chi connectivity index (χ2n) is 7.41. The van der Waals surface area contributed by atoms with Crippen LogP contribution in [0.3, 0.4) is 0 Å². The number of carbonyl (C=O) groups is 3. The number of hydrogen-bond donors (Lipinski definition) is 4. The van der Waals surface area contributed by atoms with Crippen LogP contribution in [0.4, 0.5) is 11.5 Å². The summed E-state index contributed by atoms with van der Waals surface area (Å²) in [5.74, 6) is -1.41. The number of para-hydroxylation sites is 1. The number of unbranched alkanes of at least 4 members (excludes halogenated alkanes) is 1. The summed E-state index contributed by atoms with van der Waals surface area (Å²) in [4.78, 5) is 50.2. The minimum Gasteiger partial charge on any atom is -0.481 e. The summed E-state index contributed by atoms with van der Waals surface area (Å²) in [6, 6.07) is 8.33. The summed E-state index contributed by atoms with van der Waals surface area (Å²) in [5.41, 5.74) is 0.889. The van der Waals surface area contributed by atoms with Crippen molar-refractivity contribution in [1.29, 1.82) is 0 Å². The number of aryl methyl sites for hydroxylation is 1. The summed E-state index contributed by atoms with van der Waals surface area (Å²) in [7, 11) is 0. The minimum atomic E-state index is -1.23. The number of nitro groups is 1. The average Bonchev–Trinajstić information content (AvgIpc) is 2.76. The molecule has 0 fully saturated rings. The topological polar surface area (TPSA) is 164 Å². The molecular formula is C22H27N5NaO6+. The molecule has 2 amide bonds. The first-order valence-electron chi connectivity index (χ1n) is 10.4. The number of pyridine rings is 1. The summed E-state index contributed by atoms with van der Waals surface area (Å²) >= 11 is 0. The van der Waals surface area contributed by atoms with E-state index in [4.69, 9.17) is 5.11 Å². The quantitative estimate of drug-likeness (QED) is 0.127. The van der Waals surface area contributed by atoms with E-state index in [1.165, 1.54) is 24.3 Å². The van der Waals surface area contributed by atoms with Gasteiger partial charge in [-0.1, -0.05) is 18.2 Å². The van der Waals surface area contributed by atoms with Crippen molar-refractivity contribution in [1.82, 2.24) is 15.6 Å². The number of nitrogens with one attached hydrogen (secondary N) is 3. The Bertz CT molecular complexity index is 1000. The Labute approximate surface area is 219 Å². The number of nitro benzene ring substituents is 1. The molecule has 0 aliphatic carbocycles. The number of carbonyl (C=O) groups excluding carboxylic acids is 2. The van der Waals surface area contributed by atoms with E-state index in [0.717, 1.165) is 17.8 Å². The molecule has 12 heteroatoms. The zero-order valence-electron chi connectivity index (χ0n) is 19.2. The third-order valence-corrected chi connectivity index (χ3v) is 4.72. The van der Waals surface area contributed by atoms with E-state index in [0.29, 0.717) is 13.0 Å². The molecule has 2 aromatic rings. The Kier molecular flexibility index (Phi) is 12.8. The van der Waals surface area contributed by atoms with Crippen LogP contribution in [-0.2, 0) is 14.4 Å². The van der Waals surface area contributed by atoms with Crippen molar-refractivity contribution in [3.05, 3.63) is 63.8 Å². The average molecular weight is 480 g/mol. The van der Waals surface area contributed by atoms with E-state index in [1.807, 2.05) is 19.1 Å². The van der Waals surface area contributed by atoms with Crippen LogP contribution in [0, 0.1) is 17.0 Å². The van der Waals surface area contributed by atoms with Gasteiger partial charge in [-0.2, -0.15) is 0 Å². The number of hydrogen-bond acceptors (Lipinski definition) is 7. The maximum Gasteiger partial charge on any atom is 1.00 e. The van der Waals surface area contributed by atoms with Crippen LogP contribution in [0.2, 0.25) is 0 Å². The van der Waals surface area contributed by atoms with Gasteiger partial charge < -0.3 is 21.1 Å². The normalized spacial score (nSPS) is 11.0. The molecule has 0 radical (unpaired) electrons. The molecule has 34 heavy (non-hydrogen) atoms. The van der Waals surface area contributed by atoms with Crippen molar-refractivity contribution in [3.63, 3.8) is 0 Å². The van der Waals surface area contributed by atoms with E-state index < -0.39 is 29.3 Å². The Morgan fingerprint density at radius 2 is 1.88 bits per heavy atom. The molecular weight excluding hydrogens is 453 g/mol. The largest absolute Gasteiger partial charge is 1.00 e. The van der Waals surface area contributed by atoms with Gasteiger partial charge in [-0.05, 0) is 37.5 Å². The number of aromatic nitrogens is 1. The van der Waals surface area contributed by atoms with Crippen LogP contribution in [0.5, 0.6) is 0 Å². The van der Waals surface area contributed by atoms with Crippen LogP contribution in [0.25, 0.3) is 0 Å². The van der Waals surface area contributed by atoms with Crippen molar-refractivity contribution in [2.24, 2.45) is 0 Å². The number of nitrogens with zero attached hydrogens (tertiary/aromatic N) is 2. The van der Waals surface area contributed by atoms with E-state index in [1.54, 1.807) is 6.20 Å². The van der Waals surface area contributed by atoms with Crippen molar-refractivity contribution >= 4 is 29.3 Å². The molecule has 1 unspecified atom stereocenters. The van der Waals surface area contributed by atoms with Gasteiger partial charge in [0.05, 0.1) is 29.5 Å². The number of amides is 2. The number of carboxylic acid groups (broad SMARTS) is 1. The fourth-order valence-electron chi connectivity index (χ4n) is 3.13. The molecule has 2 rings (SSSR count). The van der Waals surface area contributed by atoms with Gasteiger partial charge in [0.15, 0.2) is 0 Å². The van der Waals surface area contributed by atoms with Gasteiger partial charge in [-0.15, -0.1) is 0 Å². The summed E-state index contributed by atoms with van der Waals surface area (Å²) in [6.45, 7) is 2.26. The van der Waals surface area contributed by atoms with Gasteiger partial charge in [0.2, 0.25) is 11.8 Å². The number of benzene rings is 1. The van der Waals surface area contributed by atoms with Crippen LogP contribution in [-0.4, -0.2) is 45.9 Å². The predicted octanol–water partition coefficient (Wildman–Crippen LogP) is -0.667. The van der Waals surface area contributed by atoms with Gasteiger partial charge in [-0.25, -0.2) is 4.98 Å². The van der Waals surface area contributed by atoms with Gasteiger partial charge >= 0.3 is 35.5 Å². The van der Waals surface area contributed by atoms with Crippen LogP contribution in [0.15, 0.2) is 42.6 Å². The number of anilines is 1. The number of rotatable bonds is 13. The second kappa shape index (κ2) is 15.0. The number of aliphatic carboxylic acids is 1. The molecule has 0 bridgehead atoms. The maximum atomic E-state index is 12.2. The monoisotopic (exact) mass is 480 g/mol. The molecule has 176 valence electrons. The van der Waals surface area contributed by atoms with Gasteiger partial charge in [0.25, 0.3) is 5.69 Å². The first kappa shape index (κ1) is 29.0. The van der Waals surface area contributed by atoms with Gasteiger partial charge in [0.1, 0.15) is 5.82 Å². The Morgan fingerprint density at radius 3 is 2.56 bits per heavy atom. The first-order chi connectivity index (χ1) is 15.8. The van der Waals surface area contributed by atoms with Crippen LogP contribution >= 0.6 is 0 Å². The third kappa shape index (κ3) is 10.3. The molecule has 1 heterocycles. The third-order valence-electron chi connectivity index (χ3n) is 4.72. The van der Waals surface area contributed by atoms with Crippen molar-refractivity contribution in [2.45, 2.75) is 38.6 Å². The summed E-state index contributed by atoms with van der Waals surface area (Å²) in [5, 5.41) is 28.5. The minimum absolute atomic E-state index is 0. The van der Waals surface area contributed by atoms with Crippen LogP contribution in [0.1, 0.15) is 42.9 Å². The van der Waals surface area contributed by atoms with Crippen LogP contribution < -0.4 is 45.5 Å². The molecule has 4 N–H and O–H groups in total. The van der Waals surface area contributed by atoms with E-state index >= 15 is 0 Å². The molecule has 1 aromatic heterocycles. The Hall–Kier alpha value is -3.02. The zero-order valence-corrected chi connectivity index (χ0v) is 21.2. The summed E-state index contributed by atoms with van der Waals surface area (Å²) < 4.78 is 0. The van der Waals surface area contributed by atoms with E-state index in [9.17, 15) is 24.5 Å². The SMILES string of the molecule is Cc1ccnc(NCCCCC(=O)NCC(=O)NC(CC(=O)O)c2ccccc2[N+](=O)[O-])c1.[Na+]. The first-order valence-corrected chi connectivity index (χ1v) is 10.4. The molecule has 1 atom stereocenters. The molecule has 0 saturated heterocycles. The Balaban J connectivity index is 0.00000578. The molecule has 1 aromatic carbocycles. The molecule has 0 spiro atoms. The van der Waals surface area contributed by atoms with Gasteiger partial charge in [0, 0.05) is 25.2 Å². The van der Waals surface area contributed by atoms with E-state index in [-0.39, 0.29) is 59.7 Å².